The van der Waals surface area contributed by atoms with Crippen molar-refractivity contribution in [2.24, 2.45) is 0 Å². The Bertz CT molecular complexity index is 446. The van der Waals surface area contributed by atoms with Crippen LogP contribution in [-0.2, 0) is 4.79 Å². The maximum Gasteiger partial charge on any atom is 0.169 e. The number of rotatable bonds is 2. The molecule has 16 heavy (non-hydrogen) atoms. The summed E-state index contributed by atoms with van der Waals surface area (Å²) in [5, 5.41) is 0. The minimum absolute atomic E-state index is 0.255. The Labute approximate surface area is 109 Å². The summed E-state index contributed by atoms with van der Waals surface area (Å²) >= 11 is 2.15. The standard InChI is InChI=1S/C13H13IO2/c1-8-11(7-12(15)13(8)14)9-3-5-10(16-2)6-4-9/h3-6,11H,7H2,1-2H3/t11-/m1/s1. The summed E-state index contributed by atoms with van der Waals surface area (Å²) in [6.45, 7) is 2.04. The Kier molecular flexibility index (Phi) is 3.33. The largest absolute Gasteiger partial charge is 0.497 e. The molecule has 0 unspecified atom stereocenters. The van der Waals surface area contributed by atoms with E-state index in [-0.39, 0.29) is 11.7 Å². The van der Waals surface area contributed by atoms with Crippen LogP contribution in [0.2, 0.25) is 0 Å². The van der Waals surface area contributed by atoms with Gasteiger partial charge in [0, 0.05) is 12.3 Å². The quantitative estimate of drug-likeness (QED) is 0.777. The van der Waals surface area contributed by atoms with Crippen LogP contribution >= 0.6 is 22.6 Å². The third-order valence-corrected chi connectivity index (χ3v) is 4.47. The predicted octanol–water partition coefficient (Wildman–Crippen LogP) is 3.46. The van der Waals surface area contributed by atoms with Crippen LogP contribution in [0.3, 0.4) is 0 Å². The molecule has 1 aliphatic carbocycles. The minimum atomic E-state index is 0.255. The molecule has 0 aliphatic heterocycles. The average Bonchev–Trinajstić information content (AvgIpc) is 2.57. The number of ether oxygens (including phenoxy) is 1. The van der Waals surface area contributed by atoms with Crippen LogP contribution in [0.4, 0.5) is 0 Å². The molecule has 3 heteroatoms. The van der Waals surface area contributed by atoms with E-state index < -0.39 is 0 Å². The predicted molar refractivity (Wildman–Crippen MR) is 72.1 cm³/mol. The summed E-state index contributed by atoms with van der Waals surface area (Å²) in [5.41, 5.74) is 2.38. The van der Waals surface area contributed by atoms with Crippen LogP contribution in [0.1, 0.15) is 24.8 Å². The van der Waals surface area contributed by atoms with E-state index in [0.717, 1.165) is 9.33 Å². The number of hydrogen-bond acceptors (Lipinski definition) is 2. The molecule has 84 valence electrons. The molecule has 0 saturated carbocycles. The highest BCUT2D eigenvalue weighted by Crippen LogP contribution is 2.39. The molecule has 1 aromatic carbocycles. The first kappa shape index (κ1) is 11.6. The van der Waals surface area contributed by atoms with Crippen LogP contribution in [0.5, 0.6) is 5.75 Å². The molecule has 1 aliphatic rings. The van der Waals surface area contributed by atoms with E-state index in [1.807, 2.05) is 31.2 Å². The fraction of sp³-hybridized carbons (Fsp3) is 0.308. The summed E-state index contributed by atoms with van der Waals surface area (Å²) in [7, 11) is 1.65. The van der Waals surface area contributed by atoms with Gasteiger partial charge < -0.3 is 4.74 Å². The van der Waals surface area contributed by atoms with E-state index in [1.165, 1.54) is 11.1 Å². The molecule has 0 N–H and O–H groups in total. The highest BCUT2D eigenvalue weighted by Gasteiger charge is 2.28. The van der Waals surface area contributed by atoms with E-state index in [4.69, 9.17) is 4.74 Å². The van der Waals surface area contributed by atoms with Crippen molar-refractivity contribution < 1.29 is 9.53 Å². The number of Topliss-reactive ketones (excluding diaryl/α,β-unsaturated/α-hetero) is 1. The number of allylic oxidation sites excluding steroid dienone is 2. The fourth-order valence-corrected chi connectivity index (χ4v) is 2.60. The lowest BCUT2D eigenvalue weighted by molar-refractivity contribution is -0.114. The number of benzene rings is 1. The first-order valence-electron chi connectivity index (χ1n) is 5.17. The first-order chi connectivity index (χ1) is 7.63. The number of halogens is 1. The highest BCUT2D eigenvalue weighted by molar-refractivity contribution is 14.1. The van der Waals surface area contributed by atoms with Crippen molar-refractivity contribution in [3.8, 4) is 5.75 Å². The van der Waals surface area contributed by atoms with Crippen LogP contribution in [-0.4, -0.2) is 12.9 Å². The van der Waals surface area contributed by atoms with E-state index in [2.05, 4.69) is 22.6 Å². The second-order valence-corrected chi connectivity index (χ2v) is 5.03. The molecule has 2 nitrogen and oxygen atoms in total. The van der Waals surface area contributed by atoms with Gasteiger partial charge in [-0.3, -0.25) is 4.79 Å². The number of carbonyl (C=O) groups is 1. The summed E-state index contributed by atoms with van der Waals surface area (Å²) in [6.07, 6.45) is 0.608. The van der Waals surface area contributed by atoms with E-state index in [9.17, 15) is 4.79 Å². The smallest absolute Gasteiger partial charge is 0.169 e. The first-order valence-corrected chi connectivity index (χ1v) is 6.24. The molecule has 0 spiro atoms. The summed E-state index contributed by atoms with van der Waals surface area (Å²) in [5.74, 6) is 1.37. The van der Waals surface area contributed by atoms with Crippen LogP contribution < -0.4 is 4.74 Å². The second kappa shape index (κ2) is 4.57. The normalized spacial score (nSPS) is 20.4. The van der Waals surface area contributed by atoms with Gasteiger partial charge in [0.25, 0.3) is 0 Å². The maximum atomic E-state index is 11.6. The Balaban J connectivity index is 2.29. The van der Waals surface area contributed by atoms with Gasteiger partial charge >= 0.3 is 0 Å². The van der Waals surface area contributed by atoms with Gasteiger partial charge in [0.05, 0.1) is 10.7 Å². The molecule has 1 atom stereocenters. The number of ketones is 1. The molecule has 0 saturated heterocycles. The van der Waals surface area contributed by atoms with Gasteiger partial charge in [-0.25, -0.2) is 0 Å². The molecular formula is C13H13IO2. The van der Waals surface area contributed by atoms with Gasteiger partial charge in [-0.05, 0) is 52.8 Å². The van der Waals surface area contributed by atoms with Crippen molar-refractivity contribution in [3.05, 3.63) is 39.0 Å². The number of hydrogen-bond donors (Lipinski definition) is 0. The lowest BCUT2D eigenvalue weighted by Gasteiger charge is -2.11. The zero-order chi connectivity index (χ0) is 11.7. The topological polar surface area (TPSA) is 26.3 Å². The van der Waals surface area contributed by atoms with Crippen LogP contribution in [0.25, 0.3) is 0 Å². The van der Waals surface area contributed by atoms with Gasteiger partial charge in [0.1, 0.15) is 5.75 Å². The highest BCUT2D eigenvalue weighted by atomic mass is 127. The zero-order valence-corrected chi connectivity index (χ0v) is 11.4. The Morgan fingerprint density at radius 3 is 2.38 bits per heavy atom. The Morgan fingerprint density at radius 1 is 1.31 bits per heavy atom. The van der Waals surface area contributed by atoms with Gasteiger partial charge in [-0.15, -0.1) is 0 Å². The van der Waals surface area contributed by atoms with Crippen molar-refractivity contribution in [1.82, 2.24) is 0 Å². The van der Waals surface area contributed by atoms with E-state index in [1.54, 1.807) is 7.11 Å². The van der Waals surface area contributed by atoms with E-state index >= 15 is 0 Å². The summed E-state index contributed by atoms with van der Waals surface area (Å²) < 4.78 is 6.02. The van der Waals surface area contributed by atoms with Gasteiger partial charge in [-0.1, -0.05) is 12.1 Å². The van der Waals surface area contributed by atoms with Gasteiger partial charge in [0.2, 0.25) is 0 Å². The molecule has 0 radical (unpaired) electrons. The molecular weight excluding hydrogens is 315 g/mol. The molecule has 2 rings (SSSR count). The maximum absolute atomic E-state index is 11.6. The Morgan fingerprint density at radius 2 is 1.94 bits per heavy atom. The second-order valence-electron chi connectivity index (χ2n) is 3.95. The molecule has 0 bridgehead atoms. The van der Waals surface area contributed by atoms with Crippen molar-refractivity contribution in [2.75, 3.05) is 7.11 Å². The van der Waals surface area contributed by atoms with Crippen LogP contribution in [0.15, 0.2) is 33.4 Å². The van der Waals surface area contributed by atoms with Crippen LogP contribution in [0, 0.1) is 0 Å². The monoisotopic (exact) mass is 328 g/mol. The molecule has 0 aromatic heterocycles. The summed E-state index contributed by atoms with van der Waals surface area (Å²) in [6, 6.07) is 7.96. The Hall–Kier alpha value is -0.840. The SMILES string of the molecule is COc1ccc([C@@H]2CC(=O)C(I)=C2C)cc1. The van der Waals surface area contributed by atoms with Crippen molar-refractivity contribution in [3.63, 3.8) is 0 Å². The van der Waals surface area contributed by atoms with Gasteiger partial charge in [0.15, 0.2) is 5.78 Å². The van der Waals surface area contributed by atoms with Gasteiger partial charge in [-0.2, -0.15) is 0 Å². The molecule has 0 amide bonds. The zero-order valence-electron chi connectivity index (χ0n) is 9.29. The summed E-state index contributed by atoms with van der Waals surface area (Å²) in [4.78, 5) is 11.6. The number of carbonyl (C=O) groups excluding carboxylic acids is 1. The lowest BCUT2D eigenvalue weighted by atomic mass is 9.93. The van der Waals surface area contributed by atoms with Crippen molar-refractivity contribution in [1.29, 1.82) is 0 Å². The third-order valence-electron chi connectivity index (χ3n) is 3.02. The lowest BCUT2D eigenvalue weighted by Crippen LogP contribution is -1.98. The molecule has 0 heterocycles. The van der Waals surface area contributed by atoms with Crippen molar-refractivity contribution in [2.45, 2.75) is 19.3 Å². The molecule has 1 aromatic rings. The molecule has 0 fully saturated rings. The third kappa shape index (κ3) is 2.00. The number of methoxy groups -OCH3 is 1. The van der Waals surface area contributed by atoms with E-state index in [0.29, 0.717) is 6.42 Å². The van der Waals surface area contributed by atoms with Crippen molar-refractivity contribution >= 4 is 28.4 Å². The fourth-order valence-electron chi connectivity index (χ4n) is 2.01. The average molecular weight is 328 g/mol. The minimum Gasteiger partial charge on any atom is -0.497 e.